The minimum atomic E-state index is -0.0253. The van der Waals surface area contributed by atoms with Gasteiger partial charge in [0.1, 0.15) is 5.75 Å². The van der Waals surface area contributed by atoms with Crippen molar-refractivity contribution in [3.05, 3.63) is 53.6 Å². The Balaban J connectivity index is 0.00000116. The number of anilines is 1. The average Bonchev–Trinajstić information content (AvgIpc) is 2.53. The largest absolute Gasteiger partial charge is 0.454 e. The van der Waals surface area contributed by atoms with E-state index in [1.54, 1.807) is 24.3 Å². The summed E-state index contributed by atoms with van der Waals surface area (Å²) in [6, 6.07) is 14.5. The molecule has 0 aliphatic heterocycles. The van der Waals surface area contributed by atoms with Crippen LogP contribution in [-0.2, 0) is 4.79 Å². The Morgan fingerprint density at radius 2 is 1.64 bits per heavy atom. The van der Waals surface area contributed by atoms with Crippen molar-refractivity contribution in [2.75, 3.05) is 5.32 Å². The highest BCUT2D eigenvalue weighted by molar-refractivity contribution is 6.32. The first-order valence-corrected chi connectivity index (χ1v) is 7.89. The minimum Gasteiger partial charge on any atom is -0.454 e. The van der Waals surface area contributed by atoms with E-state index in [4.69, 9.17) is 16.3 Å². The highest BCUT2D eigenvalue weighted by atomic mass is 35.5. The molecule has 0 aliphatic rings. The molecule has 2 rings (SSSR count). The van der Waals surface area contributed by atoms with E-state index in [1.165, 1.54) is 0 Å². The summed E-state index contributed by atoms with van der Waals surface area (Å²) in [6.07, 6.45) is 1.29. The highest BCUT2D eigenvalue weighted by Crippen LogP contribution is 2.33. The van der Waals surface area contributed by atoms with E-state index in [2.05, 4.69) is 5.32 Å². The van der Waals surface area contributed by atoms with Gasteiger partial charge in [0.15, 0.2) is 5.75 Å². The lowest BCUT2D eigenvalue weighted by Crippen LogP contribution is -2.11. The maximum absolute atomic E-state index is 11.7. The van der Waals surface area contributed by atoms with Crippen LogP contribution in [-0.4, -0.2) is 5.91 Å². The van der Waals surface area contributed by atoms with Gasteiger partial charge in [0, 0.05) is 6.42 Å². The molecule has 0 radical (unpaired) electrons. The van der Waals surface area contributed by atoms with Crippen LogP contribution in [0.5, 0.6) is 11.5 Å². The molecule has 0 spiro atoms. The van der Waals surface area contributed by atoms with Gasteiger partial charge >= 0.3 is 0 Å². The molecule has 0 unspecified atom stereocenters. The van der Waals surface area contributed by atoms with Crippen molar-refractivity contribution in [2.24, 2.45) is 0 Å². The smallest absolute Gasteiger partial charge is 0.224 e. The van der Waals surface area contributed by atoms with Crippen LogP contribution in [0.1, 0.15) is 33.6 Å². The van der Waals surface area contributed by atoms with Crippen molar-refractivity contribution in [3.8, 4) is 11.5 Å². The number of ether oxygens (including phenoxy) is 1. The Morgan fingerprint density at radius 3 is 2.27 bits per heavy atom. The summed E-state index contributed by atoms with van der Waals surface area (Å²) in [4.78, 5) is 11.7. The molecule has 2 aromatic carbocycles. The monoisotopic (exact) mass is 319 g/mol. The van der Waals surface area contributed by atoms with Crippen molar-refractivity contribution >= 4 is 23.2 Å². The van der Waals surface area contributed by atoms with Crippen LogP contribution >= 0.6 is 11.6 Å². The molecule has 0 heterocycles. The molecule has 22 heavy (non-hydrogen) atoms. The Kier molecular flexibility index (Phi) is 8.08. The van der Waals surface area contributed by atoms with E-state index in [0.717, 1.165) is 6.42 Å². The lowest BCUT2D eigenvalue weighted by atomic mass is 10.2. The highest BCUT2D eigenvalue weighted by Gasteiger charge is 2.09. The number of halogens is 1. The molecule has 0 atom stereocenters. The van der Waals surface area contributed by atoms with Crippen molar-refractivity contribution in [1.82, 2.24) is 0 Å². The molecule has 3 nitrogen and oxygen atoms in total. The Bertz CT molecular complexity index is 599. The number of amides is 1. The second-order valence-electron chi connectivity index (χ2n) is 4.33. The van der Waals surface area contributed by atoms with Gasteiger partial charge in [-0.2, -0.15) is 0 Å². The third kappa shape index (κ3) is 5.41. The molecule has 0 saturated carbocycles. The third-order valence-electron chi connectivity index (χ3n) is 2.69. The molecule has 2 aromatic rings. The van der Waals surface area contributed by atoms with Crippen LogP contribution in [0.25, 0.3) is 0 Å². The molecule has 0 saturated heterocycles. The summed E-state index contributed by atoms with van der Waals surface area (Å²) in [7, 11) is 0. The normalized spacial score (nSPS) is 9.45. The number of carbonyl (C=O) groups is 1. The summed E-state index contributed by atoms with van der Waals surface area (Å²) >= 11 is 6.07. The molecule has 0 aromatic heterocycles. The summed E-state index contributed by atoms with van der Waals surface area (Å²) in [6.45, 7) is 5.96. The zero-order valence-corrected chi connectivity index (χ0v) is 14.0. The van der Waals surface area contributed by atoms with Crippen molar-refractivity contribution in [2.45, 2.75) is 33.6 Å². The number of carbonyl (C=O) groups excluding carboxylic acids is 1. The van der Waals surface area contributed by atoms with Crippen molar-refractivity contribution < 1.29 is 9.53 Å². The van der Waals surface area contributed by atoms with Crippen LogP contribution in [0.2, 0.25) is 5.02 Å². The zero-order valence-electron chi connectivity index (χ0n) is 13.2. The third-order valence-corrected chi connectivity index (χ3v) is 3.01. The second kappa shape index (κ2) is 9.85. The molecule has 4 heteroatoms. The summed E-state index contributed by atoms with van der Waals surface area (Å²) < 4.78 is 5.77. The summed E-state index contributed by atoms with van der Waals surface area (Å²) in [5, 5.41) is 3.37. The van der Waals surface area contributed by atoms with Crippen LogP contribution in [0.3, 0.4) is 0 Å². The number of nitrogens with one attached hydrogen (secondary N) is 1. The maximum Gasteiger partial charge on any atom is 0.224 e. The van der Waals surface area contributed by atoms with Crippen LogP contribution in [0, 0.1) is 0 Å². The van der Waals surface area contributed by atoms with Crippen molar-refractivity contribution in [3.63, 3.8) is 0 Å². The van der Waals surface area contributed by atoms with E-state index >= 15 is 0 Å². The van der Waals surface area contributed by atoms with Gasteiger partial charge < -0.3 is 10.1 Å². The lowest BCUT2D eigenvalue weighted by Gasteiger charge is -2.12. The van der Waals surface area contributed by atoms with Gasteiger partial charge in [-0.3, -0.25) is 4.79 Å². The number of rotatable bonds is 5. The Hall–Kier alpha value is -2.00. The van der Waals surface area contributed by atoms with Gasteiger partial charge in [-0.15, -0.1) is 0 Å². The lowest BCUT2D eigenvalue weighted by molar-refractivity contribution is -0.116. The van der Waals surface area contributed by atoms with Gasteiger partial charge in [0.05, 0.1) is 10.7 Å². The maximum atomic E-state index is 11.7. The quantitative estimate of drug-likeness (QED) is 0.745. The predicted octanol–water partition coefficient (Wildman–Crippen LogP) is 5.90. The molecular weight excluding hydrogens is 298 g/mol. The van der Waals surface area contributed by atoms with Crippen LogP contribution in [0.15, 0.2) is 48.5 Å². The Morgan fingerprint density at radius 1 is 1.05 bits per heavy atom. The summed E-state index contributed by atoms with van der Waals surface area (Å²) in [5.74, 6) is 1.11. The van der Waals surface area contributed by atoms with E-state index < -0.39 is 0 Å². The van der Waals surface area contributed by atoms with E-state index in [-0.39, 0.29) is 5.91 Å². The fraction of sp³-hybridized carbons (Fsp3) is 0.278. The topological polar surface area (TPSA) is 38.3 Å². The van der Waals surface area contributed by atoms with Gasteiger partial charge in [-0.25, -0.2) is 0 Å². The van der Waals surface area contributed by atoms with Gasteiger partial charge in [-0.1, -0.05) is 56.6 Å². The van der Waals surface area contributed by atoms with Crippen LogP contribution < -0.4 is 10.1 Å². The van der Waals surface area contributed by atoms with Crippen molar-refractivity contribution in [1.29, 1.82) is 0 Å². The van der Waals surface area contributed by atoms with E-state index in [1.807, 2.05) is 45.0 Å². The Labute approximate surface area is 137 Å². The molecule has 0 fully saturated rings. The van der Waals surface area contributed by atoms with Crippen LogP contribution in [0.4, 0.5) is 5.69 Å². The van der Waals surface area contributed by atoms with E-state index in [0.29, 0.717) is 28.6 Å². The fourth-order valence-electron chi connectivity index (χ4n) is 1.74. The molecular formula is C18H22ClNO2. The second-order valence-corrected chi connectivity index (χ2v) is 4.73. The molecule has 0 bridgehead atoms. The number of benzene rings is 2. The first-order valence-electron chi connectivity index (χ1n) is 7.52. The SMILES string of the molecule is CC.CCCC(=O)Nc1ccccc1Oc1ccccc1Cl. The minimum absolute atomic E-state index is 0.0253. The molecule has 1 amide bonds. The molecule has 0 aliphatic carbocycles. The first kappa shape index (κ1) is 18.1. The fourth-order valence-corrected chi connectivity index (χ4v) is 1.92. The summed E-state index contributed by atoms with van der Waals surface area (Å²) in [5.41, 5.74) is 0.644. The number of hydrogen-bond acceptors (Lipinski definition) is 2. The van der Waals surface area contributed by atoms with Gasteiger partial charge in [0.25, 0.3) is 0 Å². The molecule has 1 N–H and O–H groups in total. The predicted molar refractivity (Wildman–Crippen MR) is 92.9 cm³/mol. The standard InChI is InChI=1S/C16H16ClNO2.C2H6/c1-2-7-16(19)18-13-9-4-6-11-15(13)20-14-10-5-3-8-12(14)17;1-2/h3-6,8-11H,2,7H2,1H3,(H,18,19);1-2H3. The van der Waals surface area contributed by atoms with Gasteiger partial charge in [-0.05, 0) is 30.7 Å². The number of hydrogen-bond donors (Lipinski definition) is 1. The van der Waals surface area contributed by atoms with Gasteiger partial charge in [0.2, 0.25) is 5.91 Å². The average molecular weight is 320 g/mol. The zero-order chi connectivity index (χ0) is 16.4. The van der Waals surface area contributed by atoms with E-state index in [9.17, 15) is 4.79 Å². The molecule has 118 valence electrons. The first-order chi connectivity index (χ1) is 10.7. The number of para-hydroxylation sites is 3.